The van der Waals surface area contributed by atoms with Gasteiger partial charge in [0, 0.05) is 0 Å². The lowest BCUT2D eigenvalue weighted by atomic mass is 9.84. The Morgan fingerprint density at radius 2 is 0.424 bits per heavy atom. The van der Waals surface area contributed by atoms with Crippen molar-refractivity contribution in [1.82, 2.24) is 0 Å². The Labute approximate surface area is 379 Å². The van der Waals surface area contributed by atoms with E-state index >= 15 is 0 Å². The van der Waals surface area contributed by atoms with Crippen LogP contribution in [-0.4, -0.2) is 0 Å². The number of benzene rings is 14. The summed E-state index contributed by atoms with van der Waals surface area (Å²) in [5, 5.41) is 29.4. The third-order valence-electron chi connectivity index (χ3n) is 15.4. The van der Waals surface area contributed by atoms with Crippen molar-refractivity contribution in [3.8, 4) is 44.5 Å². The average molecular weight is 829 g/mol. The summed E-state index contributed by atoms with van der Waals surface area (Å²) in [6.07, 6.45) is 0. The van der Waals surface area contributed by atoms with Crippen LogP contribution in [0.4, 0.5) is 0 Å². The molecule has 0 bridgehead atoms. The van der Waals surface area contributed by atoms with Gasteiger partial charge in [-0.15, -0.1) is 0 Å². The molecular weight excluding hydrogens is 793 g/mol. The van der Waals surface area contributed by atoms with Crippen LogP contribution in [0.1, 0.15) is 0 Å². The van der Waals surface area contributed by atoms with Crippen LogP contribution in [0.2, 0.25) is 0 Å². The summed E-state index contributed by atoms with van der Waals surface area (Å²) >= 11 is 0. The molecule has 16 aromatic rings. The van der Waals surface area contributed by atoms with Crippen LogP contribution in [0.5, 0.6) is 0 Å². The van der Waals surface area contributed by atoms with Gasteiger partial charge in [0.25, 0.3) is 0 Å². The Bertz CT molecular complexity index is 4330. The van der Waals surface area contributed by atoms with Gasteiger partial charge in [-0.05, 0) is 175 Å². The van der Waals surface area contributed by atoms with Crippen molar-refractivity contribution in [2.45, 2.75) is 0 Å². The maximum absolute atomic E-state index is 2.54. The van der Waals surface area contributed by atoms with E-state index in [-0.39, 0.29) is 0 Å². The maximum Gasteiger partial charge on any atom is -0.000719 e. The fourth-order valence-electron chi connectivity index (χ4n) is 13.0. The van der Waals surface area contributed by atoms with Crippen molar-refractivity contribution in [3.05, 3.63) is 218 Å². The second kappa shape index (κ2) is 12.6. The lowest BCUT2D eigenvalue weighted by molar-refractivity contribution is 1.67. The summed E-state index contributed by atoms with van der Waals surface area (Å²) < 4.78 is 0. The second-order valence-electron chi connectivity index (χ2n) is 18.5. The smallest absolute Gasteiger partial charge is 0.000719 e. The molecule has 0 aliphatic heterocycles. The molecule has 0 radical (unpaired) electrons. The average Bonchev–Trinajstić information content (AvgIpc) is 3.89. The molecule has 300 valence electrons. The van der Waals surface area contributed by atoms with Gasteiger partial charge < -0.3 is 0 Å². The minimum atomic E-state index is 1.25. The first kappa shape index (κ1) is 34.9. The van der Waals surface area contributed by atoms with E-state index in [1.807, 2.05) is 0 Å². The van der Waals surface area contributed by atoms with Crippen LogP contribution < -0.4 is 0 Å². The molecule has 0 aliphatic rings. The monoisotopic (exact) mass is 828 g/mol. The number of hydrogen-bond acceptors (Lipinski definition) is 0. The number of rotatable bonds is 4. The first-order chi connectivity index (χ1) is 32.8. The van der Waals surface area contributed by atoms with Gasteiger partial charge >= 0.3 is 0 Å². The Morgan fingerprint density at radius 1 is 0.152 bits per heavy atom. The number of fused-ring (bicyclic) bond motifs is 9. The van der Waals surface area contributed by atoms with Crippen molar-refractivity contribution in [2.75, 3.05) is 0 Å². The summed E-state index contributed by atoms with van der Waals surface area (Å²) in [5.41, 5.74) is 10.3. The van der Waals surface area contributed by atoms with Crippen LogP contribution in [0.15, 0.2) is 218 Å². The normalized spacial score (nSPS) is 12.5. The molecule has 0 aromatic heterocycles. The Hall–Kier alpha value is -8.58. The first-order valence-corrected chi connectivity index (χ1v) is 23.2. The predicted molar refractivity (Wildman–Crippen MR) is 285 cm³/mol. The molecule has 16 aromatic carbocycles. The lowest BCUT2D eigenvalue weighted by Gasteiger charge is -2.19. The van der Waals surface area contributed by atoms with Gasteiger partial charge in [0.2, 0.25) is 0 Å². The highest BCUT2D eigenvalue weighted by molar-refractivity contribution is 6.53. The maximum atomic E-state index is 2.54. The van der Waals surface area contributed by atoms with Gasteiger partial charge in [-0.2, -0.15) is 0 Å². The fraction of sp³-hybridized carbons (Fsp3) is 0. The molecule has 0 atom stereocenters. The van der Waals surface area contributed by atoms with E-state index in [1.165, 1.54) is 163 Å². The standard InChI is InChI=1S/C66H36/c1-5-17-37(18-6-1)53-43-25-13-15-27-45(43)55(39-21-9-3-10-22-39)65-51-35-41-29-30-42-36-52-60-50(34-32-48-47-31-33-49(63(53)65)59(51)61(47)57(41)58(42)62(48)60)64-54(38-19-7-2-8-20-38)44-26-14-16-28-46(44)56(66(52)64)40-23-11-4-12-24-40/h1-36H. The van der Waals surface area contributed by atoms with Crippen molar-refractivity contribution >= 4 is 118 Å². The second-order valence-corrected chi connectivity index (χ2v) is 18.5. The molecule has 0 heterocycles. The molecule has 0 spiro atoms. The zero-order chi connectivity index (χ0) is 42.8. The van der Waals surface area contributed by atoms with Crippen LogP contribution in [0.25, 0.3) is 163 Å². The van der Waals surface area contributed by atoms with E-state index < -0.39 is 0 Å². The lowest BCUT2D eigenvalue weighted by Crippen LogP contribution is -1.90. The topological polar surface area (TPSA) is 0 Å². The van der Waals surface area contributed by atoms with E-state index in [4.69, 9.17) is 0 Å². The molecule has 0 saturated heterocycles. The summed E-state index contributed by atoms with van der Waals surface area (Å²) in [4.78, 5) is 0. The highest BCUT2D eigenvalue weighted by Crippen LogP contribution is 2.58. The van der Waals surface area contributed by atoms with Crippen molar-refractivity contribution in [3.63, 3.8) is 0 Å². The van der Waals surface area contributed by atoms with Crippen molar-refractivity contribution < 1.29 is 0 Å². The third-order valence-corrected chi connectivity index (χ3v) is 15.4. The molecule has 0 heteroatoms. The zero-order valence-corrected chi connectivity index (χ0v) is 35.8. The molecule has 0 nitrogen and oxygen atoms in total. The van der Waals surface area contributed by atoms with Gasteiger partial charge in [0.05, 0.1) is 0 Å². The highest BCUT2D eigenvalue weighted by Gasteiger charge is 2.30. The SMILES string of the molecule is c1ccc(-c2c3ccccc3c(-c3ccccc3)c3c4cc5ccc6cc7c8c(-c9ccccc9)c9ccccc9c(-c9ccccc9)c8c8ccc9c%10ccc(c23)c4c%10c5c6c9c87)cc1. The Balaban J connectivity index is 1.15. The fourth-order valence-corrected chi connectivity index (χ4v) is 13.0. The molecule has 0 fully saturated rings. The summed E-state index contributed by atoms with van der Waals surface area (Å²) in [6.45, 7) is 0. The minimum Gasteiger partial charge on any atom is -0.0622 e. The van der Waals surface area contributed by atoms with Crippen LogP contribution in [0, 0.1) is 0 Å². The van der Waals surface area contributed by atoms with Gasteiger partial charge in [-0.25, -0.2) is 0 Å². The van der Waals surface area contributed by atoms with Gasteiger partial charge in [-0.1, -0.05) is 206 Å². The quantitative estimate of drug-likeness (QED) is 0.122. The Morgan fingerprint density at radius 3 is 0.742 bits per heavy atom. The summed E-state index contributed by atoms with van der Waals surface area (Å²) in [5.74, 6) is 0. The summed E-state index contributed by atoms with van der Waals surface area (Å²) in [7, 11) is 0. The predicted octanol–water partition coefficient (Wildman–Crippen LogP) is 18.8. The van der Waals surface area contributed by atoms with E-state index in [9.17, 15) is 0 Å². The molecule has 0 saturated carbocycles. The van der Waals surface area contributed by atoms with E-state index in [1.54, 1.807) is 0 Å². The van der Waals surface area contributed by atoms with Gasteiger partial charge in [0.15, 0.2) is 0 Å². The van der Waals surface area contributed by atoms with Crippen molar-refractivity contribution in [2.24, 2.45) is 0 Å². The molecule has 66 heavy (non-hydrogen) atoms. The van der Waals surface area contributed by atoms with E-state index in [0.29, 0.717) is 0 Å². The van der Waals surface area contributed by atoms with Crippen LogP contribution in [-0.2, 0) is 0 Å². The van der Waals surface area contributed by atoms with E-state index in [2.05, 4.69) is 218 Å². The third kappa shape index (κ3) is 4.25. The van der Waals surface area contributed by atoms with Crippen molar-refractivity contribution in [1.29, 1.82) is 0 Å². The number of hydrogen-bond donors (Lipinski definition) is 0. The molecule has 0 unspecified atom stereocenters. The highest BCUT2D eigenvalue weighted by atomic mass is 14.3. The molecule has 0 N–H and O–H groups in total. The largest absolute Gasteiger partial charge is 0.0622 e. The van der Waals surface area contributed by atoms with Crippen LogP contribution in [0.3, 0.4) is 0 Å². The first-order valence-electron chi connectivity index (χ1n) is 23.2. The molecular formula is C66H36. The van der Waals surface area contributed by atoms with Gasteiger partial charge in [-0.3, -0.25) is 0 Å². The molecule has 0 aliphatic carbocycles. The summed E-state index contributed by atoms with van der Waals surface area (Å²) in [6, 6.07) is 82.4. The van der Waals surface area contributed by atoms with Crippen LogP contribution >= 0.6 is 0 Å². The minimum absolute atomic E-state index is 1.25. The van der Waals surface area contributed by atoms with E-state index in [0.717, 1.165) is 0 Å². The Kier molecular flexibility index (Phi) is 6.64. The zero-order valence-electron chi connectivity index (χ0n) is 35.8. The molecule has 0 amide bonds. The van der Waals surface area contributed by atoms with Gasteiger partial charge in [0.1, 0.15) is 0 Å². The molecule has 16 rings (SSSR count).